The second-order valence-corrected chi connectivity index (χ2v) is 3.95. The third-order valence-corrected chi connectivity index (χ3v) is 3.08. The number of Topliss-reactive ketones (excluding diaryl/α,β-unsaturated/α-hetero) is 1. The lowest BCUT2D eigenvalue weighted by atomic mass is 9.75. The van der Waals surface area contributed by atoms with Crippen LogP contribution in [-0.2, 0) is 4.79 Å². The van der Waals surface area contributed by atoms with Crippen molar-refractivity contribution in [2.24, 2.45) is 5.92 Å². The van der Waals surface area contributed by atoms with E-state index >= 15 is 0 Å². The maximum absolute atomic E-state index is 11.7. The summed E-state index contributed by atoms with van der Waals surface area (Å²) in [6, 6.07) is 7.26. The molecule has 78 valence electrons. The maximum Gasteiger partial charge on any atom is 0.307 e. The highest BCUT2D eigenvalue weighted by Crippen LogP contribution is 2.35. The number of hydrogen-bond donors (Lipinski definition) is 1. The van der Waals surface area contributed by atoms with Gasteiger partial charge >= 0.3 is 5.97 Å². The standard InChI is InChI=1S/C12H12O3/c1-7-8-4-2-3-5-9(8)11(13)6-10(7)12(14)15/h2-5,7,10H,6H2,1H3,(H,14,15)/t7-,10-/m1/s1. The SMILES string of the molecule is C[C@@H]1c2ccccc2C(=O)C[C@H]1C(=O)O. The Balaban J connectivity index is 2.48. The van der Waals surface area contributed by atoms with Crippen molar-refractivity contribution in [2.75, 3.05) is 0 Å². The number of hydrogen-bond acceptors (Lipinski definition) is 2. The average Bonchev–Trinajstić information content (AvgIpc) is 2.23. The van der Waals surface area contributed by atoms with Crippen molar-refractivity contribution in [2.45, 2.75) is 19.3 Å². The van der Waals surface area contributed by atoms with E-state index in [0.717, 1.165) is 5.56 Å². The maximum atomic E-state index is 11.7. The number of carbonyl (C=O) groups is 2. The van der Waals surface area contributed by atoms with Crippen LogP contribution in [0, 0.1) is 5.92 Å². The van der Waals surface area contributed by atoms with Gasteiger partial charge in [-0.2, -0.15) is 0 Å². The van der Waals surface area contributed by atoms with Crippen LogP contribution in [-0.4, -0.2) is 16.9 Å². The van der Waals surface area contributed by atoms with E-state index in [1.807, 2.05) is 25.1 Å². The van der Waals surface area contributed by atoms with E-state index in [2.05, 4.69) is 0 Å². The lowest BCUT2D eigenvalue weighted by Crippen LogP contribution is -2.29. The summed E-state index contributed by atoms with van der Waals surface area (Å²) in [6.07, 6.45) is 0.119. The largest absolute Gasteiger partial charge is 0.481 e. The van der Waals surface area contributed by atoms with Crippen LogP contribution in [0.15, 0.2) is 24.3 Å². The van der Waals surface area contributed by atoms with Crippen molar-refractivity contribution in [3.63, 3.8) is 0 Å². The normalized spacial score (nSPS) is 24.7. The van der Waals surface area contributed by atoms with Crippen LogP contribution in [0.1, 0.15) is 35.2 Å². The molecule has 0 unspecified atom stereocenters. The zero-order valence-electron chi connectivity index (χ0n) is 8.43. The van der Waals surface area contributed by atoms with Crippen molar-refractivity contribution in [3.05, 3.63) is 35.4 Å². The monoisotopic (exact) mass is 204 g/mol. The molecule has 1 aliphatic carbocycles. The number of benzene rings is 1. The molecule has 0 saturated carbocycles. The van der Waals surface area contributed by atoms with Crippen LogP contribution in [0.5, 0.6) is 0 Å². The quantitative estimate of drug-likeness (QED) is 0.761. The number of carboxylic acid groups (broad SMARTS) is 1. The summed E-state index contributed by atoms with van der Waals surface area (Å²) in [6.45, 7) is 1.87. The molecule has 15 heavy (non-hydrogen) atoms. The van der Waals surface area contributed by atoms with Crippen molar-refractivity contribution in [1.82, 2.24) is 0 Å². The first-order valence-electron chi connectivity index (χ1n) is 4.96. The Bertz CT molecular complexity index is 423. The smallest absolute Gasteiger partial charge is 0.307 e. The Kier molecular flexibility index (Phi) is 2.31. The lowest BCUT2D eigenvalue weighted by molar-refractivity contribution is -0.142. The van der Waals surface area contributed by atoms with Gasteiger partial charge in [-0.05, 0) is 11.5 Å². The Morgan fingerprint density at radius 3 is 2.73 bits per heavy atom. The number of carbonyl (C=O) groups excluding carboxylic acids is 1. The molecule has 3 heteroatoms. The molecule has 2 rings (SSSR count). The fourth-order valence-corrected chi connectivity index (χ4v) is 2.15. The third kappa shape index (κ3) is 1.54. The molecule has 0 aliphatic heterocycles. The lowest BCUT2D eigenvalue weighted by Gasteiger charge is -2.27. The molecule has 0 heterocycles. The minimum atomic E-state index is -0.884. The predicted octanol–water partition coefficient (Wildman–Crippen LogP) is 2.08. The molecule has 1 aromatic rings. The van der Waals surface area contributed by atoms with Gasteiger partial charge in [-0.25, -0.2) is 0 Å². The Morgan fingerprint density at radius 2 is 2.07 bits per heavy atom. The number of aliphatic carboxylic acids is 1. The molecular formula is C12H12O3. The van der Waals surface area contributed by atoms with Crippen LogP contribution in [0.25, 0.3) is 0 Å². The molecule has 1 aliphatic rings. The van der Waals surface area contributed by atoms with Crippen LogP contribution in [0.2, 0.25) is 0 Å². The fraction of sp³-hybridized carbons (Fsp3) is 0.333. The van der Waals surface area contributed by atoms with Crippen LogP contribution in [0.3, 0.4) is 0 Å². The van der Waals surface area contributed by atoms with Gasteiger partial charge in [0.15, 0.2) is 5.78 Å². The zero-order valence-corrected chi connectivity index (χ0v) is 8.43. The molecule has 1 N–H and O–H groups in total. The van der Waals surface area contributed by atoms with Crippen LogP contribution >= 0.6 is 0 Å². The summed E-state index contributed by atoms with van der Waals surface area (Å²) >= 11 is 0. The topological polar surface area (TPSA) is 54.4 Å². The first-order chi connectivity index (χ1) is 7.11. The van der Waals surface area contributed by atoms with E-state index < -0.39 is 11.9 Å². The van der Waals surface area contributed by atoms with Gasteiger partial charge < -0.3 is 5.11 Å². The predicted molar refractivity (Wildman–Crippen MR) is 54.9 cm³/mol. The highest BCUT2D eigenvalue weighted by Gasteiger charge is 2.35. The molecule has 0 radical (unpaired) electrons. The first kappa shape index (κ1) is 9.90. The van der Waals surface area contributed by atoms with E-state index in [1.165, 1.54) is 0 Å². The van der Waals surface area contributed by atoms with Crippen molar-refractivity contribution in [1.29, 1.82) is 0 Å². The van der Waals surface area contributed by atoms with E-state index in [1.54, 1.807) is 6.07 Å². The van der Waals surface area contributed by atoms with E-state index in [-0.39, 0.29) is 18.1 Å². The minimum Gasteiger partial charge on any atom is -0.481 e. The molecule has 0 fully saturated rings. The molecular weight excluding hydrogens is 192 g/mol. The molecule has 3 nitrogen and oxygen atoms in total. The molecule has 1 aromatic carbocycles. The van der Waals surface area contributed by atoms with Gasteiger partial charge in [0.05, 0.1) is 5.92 Å². The van der Waals surface area contributed by atoms with E-state index in [4.69, 9.17) is 5.11 Å². The van der Waals surface area contributed by atoms with E-state index in [9.17, 15) is 9.59 Å². The Morgan fingerprint density at radius 1 is 1.40 bits per heavy atom. The number of fused-ring (bicyclic) bond motifs is 1. The first-order valence-corrected chi connectivity index (χ1v) is 4.96. The molecule has 0 amide bonds. The van der Waals surface area contributed by atoms with Gasteiger partial charge in [0, 0.05) is 12.0 Å². The second kappa shape index (κ2) is 3.50. The highest BCUT2D eigenvalue weighted by molar-refractivity contribution is 6.01. The molecule has 2 atom stereocenters. The van der Waals surface area contributed by atoms with Crippen molar-refractivity contribution < 1.29 is 14.7 Å². The molecule has 0 aromatic heterocycles. The zero-order chi connectivity index (χ0) is 11.0. The van der Waals surface area contributed by atoms with E-state index in [0.29, 0.717) is 5.56 Å². The van der Waals surface area contributed by atoms with Gasteiger partial charge in [-0.3, -0.25) is 9.59 Å². The van der Waals surface area contributed by atoms with Gasteiger partial charge in [0.25, 0.3) is 0 Å². The number of ketones is 1. The molecule has 0 spiro atoms. The summed E-state index contributed by atoms with van der Waals surface area (Å²) in [5.41, 5.74) is 1.55. The van der Waals surface area contributed by atoms with Crippen LogP contribution < -0.4 is 0 Å². The number of rotatable bonds is 1. The van der Waals surface area contributed by atoms with Crippen LogP contribution in [0.4, 0.5) is 0 Å². The van der Waals surface area contributed by atoms with Gasteiger partial charge in [-0.15, -0.1) is 0 Å². The third-order valence-electron chi connectivity index (χ3n) is 3.08. The minimum absolute atomic E-state index is 0.0592. The van der Waals surface area contributed by atoms with Crippen molar-refractivity contribution >= 4 is 11.8 Å². The van der Waals surface area contributed by atoms with Gasteiger partial charge in [-0.1, -0.05) is 31.2 Å². The van der Waals surface area contributed by atoms with Gasteiger partial charge in [0.2, 0.25) is 0 Å². The number of carboxylic acids is 1. The second-order valence-electron chi connectivity index (χ2n) is 3.95. The Hall–Kier alpha value is -1.64. The van der Waals surface area contributed by atoms with Gasteiger partial charge in [0.1, 0.15) is 0 Å². The fourth-order valence-electron chi connectivity index (χ4n) is 2.15. The summed E-state index contributed by atoms with van der Waals surface area (Å²) in [5, 5.41) is 9.00. The highest BCUT2D eigenvalue weighted by atomic mass is 16.4. The molecule has 0 saturated heterocycles. The summed E-state index contributed by atoms with van der Waals surface area (Å²) in [7, 11) is 0. The summed E-state index contributed by atoms with van der Waals surface area (Å²) in [4.78, 5) is 22.7. The van der Waals surface area contributed by atoms with Crippen molar-refractivity contribution in [3.8, 4) is 0 Å². The average molecular weight is 204 g/mol. The Labute approximate surface area is 87.7 Å². The molecule has 0 bridgehead atoms. The summed E-state index contributed by atoms with van der Waals surface area (Å²) < 4.78 is 0. The summed E-state index contributed by atoms with van der Waals surface area (Å²) in [5.74, 6) is -1.61.